The standard InChI is InChI=1S/C18H28O/c1-2-3-4-5-6-7-11-18(19)17-13-12-15-9-8-10-16(15)14-17/h12-14,18-19H,2-11H2,1H3. The lowest BCUT2D eigenvalue weighted by Gasteiger charge is -2.12. The van der Waals surface area contributed by atoms with Gasteiger partial charge in [-0.1, -0.05) is 63.6 Å². The molecule has 1 atom stereocenters. The molecule has 0 bridgehead atoms. The van der Waals surface area contributed by atoms with Crippen LogP contribution in [0.3, 0.4) is 0 Å². The van der Waals surface area contributed by atoms with E-state index in [0.29, 0.717) is 0 Å². The van der Waals surface area contributed by atoms with Crippen molar-refractivity contribution in [3.8, 4) is 0 Å². The molecule has 2 rings (SSSR count). The fourth-order valence-electron chi connectivity index (χ4n) is 3.08. The largest absolute Gasteiger partial charge is 0.388 e. The highest BCUT2D eigenvalue weighted by molar-refractivity contribution is 5.36. The van der Waals surface area contributed by atoms with E-state index in [9.17, 15) is 5.11 Å². The number of hydrogen-bond acceptors (Lipinski definition) is 1. The molecule has 0 heterocycles. The SMILES string of the molecule is CCCCCCCCC(O)c1ccc2c(c1)CCC2. The molecule has 0 fully saturated rings. The Morgan fingerprint density at radius 3 is 2.58 bits per heavy atom. The summed E-state index contributed by atoms with van der Waals surface area (Å²) in [6, 6.07) is 6.60. The van der Waals surface area contributed by atoms with Gasteiger partial charge in [-0.15, -0.1) is 0 Å². The van der Waals surface area contributed by atoms with Crippen LogP contribution >= 0.6 is 0 Å². The first-order chi connectivity index (χ1) is 9.31. The molecule has 1 aromatic rings. The van der Waals surface area contributed by atoms with Crippen LogP contribution in [-0.4, -0.2) is 5.11 Å². The minimum atomic E-state index is -0.253. The summed E-state index contributed by atoms with van der Waals surface area (Å²) in [4.78, 5) is 0. The Hall–Kier alpha value is -0.820. The van der Waals surface area contributed by atoms with Crippen LogP contribution in [0, 0.1) is 0 Å². The minimum absolute atomic E-state index is 0.253. The third-order valence-electron chi connectivity index (χ3n) is 4.34. The van der Waals surface area contributed by atoms with Crippen LogP contribution in [0.4, 0.5) is 0 Å². The molecule has 1 nitrogen and oxygen atoms in total. The lowest BCUT2D eigenvalue weighted by molar-refractivity contribution is 0.163. The van der Waals surface area contributed by atoms with Crippen molar-refractivity contribution in [3.05, 3.63) is 34.9 Å². The van der Waals surface area contributed by atoms with E-state index < -0.39 is 0 Å². The summed E-state index contributed by atoms with van der Waals surface area (Å²) >= 11 is 0. The second kappa shape index (κ2) is 7.69. The fourth-order valence-corrected chi connectivity index (χ4v) is 3.08. The minimum Gasteiger partial charge on any atom is -0.388 e. The first-order valence-corrected chi connectivity index (χ1v) is 8.11. The Morgan fingerprint density at radius 2 is 1.74 bits per heavy atom. The summed E-state index contributed by atoms with van der Waals surface area (Å²) in [5.41, 5.74) is 4.10. The van der Waals surface area contributed by atoms with Gasteiger partial charge >= 0.3 is 0 Å². The van der Waals surface area contributed by atoms with Crippen LogP contribution in [0.15, 0.2) is 18.2 Å². The van der Waals surface area contributed by atoms with Gasteiger partial charge in [0.1, 0.15) is 0 Å². The Labute approximate surface area is 118 Å². The summed E-state index contributed by atoms with van der Waals surface area (Å²) < 4.78 is 0. The second-order valence-electron chi connectivity index (χ2n) is 5.95. The number of aliphatic hydroxyl groups excluding tert-OH is 1. The first-order valence-electron chi connectivity index (χ1n) is 8.11. The zero-order valence-electron chi connectivity index (χ0n) is 12.3. The number of hydrogen-bond donors (Lipinski definition) is 1. The summed E-state index contributed by atoms with van der Waals surface area (Å²) in [5.74, 6) is 0. The number of benzene rings is 1. The molecular weight excluding hydrogens is 232 g/mol. The molecule has 0 radical (unpaired) electrons. The van der Waals surface area contributed by atoms with Gasteiger partial charge in [-0.05, 0) is 42.4 Å². The zero-order chi connectivity index (χ0) is 13.5. The van der Waals surface area contributed by atoms with Crippen LogP contribution in [0.2, 0.25) is 0 Å². The maximum Gasteiger partial charge on any atom is 0.0790 e. The normalized spacial score (nSPS) is 15.5. The molecule has 0 aliphatic heterocycles. The highest BCUT2D eigenvalue weighted by atomic mass is 16.3. The highest BCUT2D eigenvalue weighted by Crippen LogP contribution is 2.27. The molecule has 1 heteroatoms. The van der Waals surface area contributed by atoms with Crippen molar-refractivity contribution in [2.24, 2.45) is 0 Å². The Morgan fingerprint density at radius 1 is 1.00 bits per heavy atom. The van der Waals surface area contributed by atoms with Gasteiger partial charge in [0.05, 0.1) is 6.10 Å². The summed E-state index contributed by atoms with van der Waals surface area (Å²) in [6.07, 6.45) is 12.1. The van der Waals surface area contributed by atoms with Gasteiger partial charge in [0.2, 0.25) is 0 Å². The van der Waals surface area contributed by atoms with Gasteiger partial charge in [0.15, 0.2) is 0 Å². The van der Waals surface area contributed by atoms with Gasteiger partial charge in [-0.25, -0.2) is 0 Å². The van der Waals surface area contributed by atoms with Crippen molar-refractivity contribution in [1.29, 1.82) is 0 Å². The van der Waals surface area contributed by atoms with Gasteiger partial charge in [0, 0.05) is 0 Å². The summed E-state index contributed by atoms with van der Waals surface area (Å²) in [6.45, 7) is 2.25. The molecule has 0 saturated heterocycles. The van der Waals surface area contributed by atoms with E-state index in [4.69, 9.17) is 0 Å². The smallest absolute Gasteiger partial charge is 0.0790 e. The van der Waals surface area contributed by atoms with E-state index in [1.807, 2.05) is 0 Å². The Balaban J connectivity index is 1.72. The number of fused-ring (bicyclic) bond motifs is 1. The van der Waals surface area contributed by atoms with E-state index >= 15 is 0 Å². The summed E-state index contributed by atoms with van der Waals surface area (Å²) in [5, 5.41) is 10.3. The van der Waals surface area contributed by atoms with Crippen molar-refractivity contribution in [3.63, 3.8) is 0 Å². The molecule has 0 amide bonds. The highest BCUT2D eigenvalue weighted by Gasteiger charge is 2.14. The topological polar surface area (TPSA) is 20.2 Å². The maximum absolute atomic E-state index is 10.3. The van der Waals surface area contributed by atoms with Crippen LogP contribution < -0.4 is 0 Å². The first kappa shape index (κ1) is 14.6. The summed E-state index contributed by atoms with van der Waals surface area (Å²) in [7, 11) is 0. The maximum atomic E-state index is 10.3. The van der Waals surface area contributed by atoms with E-state index in [2.05, 4.69) is 25.1 Å². The van der Waals surface area contributed by atoms with Crippen LogP contribution in [0.1, 0.15) is 81.1 Å². The molecule has 1 aliphatic rings. The van der Waals surface area contributed by atoms with Gasteiger partial charge in [0.25, 0.3) is 0 Å². The third kappa shape index (κ3) is 4.35. The van der Waals surface area contributed by atoms with Crippen molar-refractivity contribution < 1.29 is 5.11 Å². The van der Waals surface area contributed by atoms with Crippen molar-refractivity contribution in [2.45, 2.75) is 77.2 Å². The quantitative estimate of drug-likeness (QED) is 0.655. The number of rotatable bonds is 8. The lowest BCUT2D eigenvalue weighted by Crippen LogP contribution is -1.99. The molecule has 1 aliphatic carbocycles. The van der Waals surface area contributed by atoms with E-state index in [0.717, 1.165) is 18.4 Å². The van der Waals surface area contributed by atoms with Crippen molar-refractivity contribution in [1.82, 2.24) is 0 Å². The molecular formula is C18H28O. The monoisotopic (exact) mass is 260 g/mol. The molecule has 0 spiro atoms. The molecule has 106 valence electrons. The Bertz CT molecular complexity index is 383. The Kier molecular flexibility index (Phi) is 5.91. The number of unbranched alkanes of at least 4 members (excludes halogenated alkanes) is 5. The van der Waals surface area contributed by atoms with Crippen LogP contribution in [0.25, 0.3) is 0 Å². The predicted molar refractivity (Wildman–Crippen MR) is 81.4 cm³/mol. The number of aliphatic hydroxyl groups is 1. The van der Waals surface area contributed by atoms with E-state index in [-0.39, 0.29) is 6.10 Å². The predicted octanol–water partition coefficient (Wildman–Crippen LogP) is 4.96. The van der Waals surface area contributed by atoms with Gasteiger partial charge in [-0.3, -0.25) is 0 Å². The van der Waals surface area contributed by atoms with Crippen molar-refractivity contribution >= 4 is 0 Å². The average molecular weight is 260 g/mol. The van der Waals surface area contributed by atoms with Crippen LogP contribution in [-0.2, 0) is 12.8 Å². The lowest BCUT2D eigenvalue weighted by atomic mass is 9.98. The van der Waals surface area contributed by atoms with E-state index in [1.165, 1.54) is 62.5 Å². The molecule has 1 unspecified atom stereocenters. The molecule has 0 saturated carbocycles. The van der Waals surface area contributed by atoms with Gasteiger partial charge < -0.3 is 5.11 Å². The second-order valence-corrected chi connectivity index (χ2v) is 5.95. The zero-order valence-corrected chi connectivity index (χ0v) is 12.3. The third-order valence-corrected chi connectivity index (χ3v) is 4.34. The van der Waals surface area contributed by atoms with E-state index in [1.54, 1.807) is 0 Å². The number of aryl methyl sites for hydroxylation is 2. The molecule has 1 aromatic carbocycles. The van der Waals surface area contributed by atoms with Crippen molar-refractivity contribution in [2.75, 3.05) is 0 Å². The molecule has 19 heavy (non-hydrogen) atoms. The average Bonchev–Trinajstić information content (AvgIpc) is 2.89. The van der Waals surface area contributed by atoms with Crippen LogP contribution in [0.5, 0.6) is 0 Å². The van der Waals surface area contributed by atoms with Gasteiger partial charge in [-0.2, -0.15) is 0 Å². The molecule has 1 N–H and O–H groups in total. The fraction of sp³-hybridized carbons (Fsp3) is 0.667. The molecule has 0 aromatic heterocycles.